The van der Waals surface area contributed by atoms with Crippen LogP contribution in [-0.2, 0) is 10.9 Å². The Bertz CT molecular complexity index is 888. The lowest BCUT2D eigenvalue weighted by molar-refractivity contribution is -0.139. The van der Waals surface area contributed by atoms with Crippen LogP contribution in [0.15, 0.2) is 42.5 Å². The van der Waals surface area contributed by atoms with Crippen molar-refractivity contribution < 1.29 is 22.7 Å². The third kappa shape index (κ3) is 2.26. The Labute approximate surface area is 123 Å². The van der Waals surface area contributed by atoms with E-state index < -0.39 is 17.8 Å². The number of ether oxygens (including phenoxy) is 1. The van der Waals surface area contributed by atoms with Gasteiger partial charge in [-0.1, -0.05) is 24.3 Å². The molecular formula is C16H10F3NO2. The van der Waals surface area contributed by atoms with E-state index in [-0.39, 0.29) is 16.5 Å². The van der Waals surface area contributed by atoms with Gasteiger partial charge in [-0.25, -0.2) is 9.78 Å². The normalized spacial score (nSPS) is 11.8. The molecule has 3 rings (SSSR count). The smallest absolute Gasteiger partial charge is 0.433 e. The molecule has 1 heterocycles. The number of hydrogen-bond acceptors (Lipinski definition) is 3. The highest BCUT2D eigenvalue weighted by Gasteiger charge is 2.35. The van der Waals surface area contributed by atoms with Crippen LogP contribution in [-0.4, -0.2) is 18.1 Å². The topological polar surface area (TPSA) is 39.2 Å². The fourth-order valence-corrected chi connectivity index (χ4v) is 2.42. The summed E-state index contributed by atoms with van der Waals surface area (Å²) in [7, 11) is 1.18. The summed E-state index contributed by atoms with van der Waals surface area (Å²) in [5.41, 5.74) is -0.697. The quantitative estimate of drug-likeness (QED) is 0.500. The van der Waals surface area contributed by atoms with Gasteiger partial charge in [-0.05, 0) is 23.6 Å². The van der Waals surface area contributed by atoms with Crippen molar-refractivity contribution in [2.45, 2.75) is 6.18 Å². The van der Waals surface area contributed by atoms with Gasteiger partial charge in [0.25, 0.3) is 0 Å². The molecule has 0 atom stereocenters. The van der Waals surface area contributed by atoms with Crippen LogP contribution in [0.4, 0.5) is 13.2 Å². The number of fused-ring (bicyclic) bond motifs is 3. The zero-order valence-electron chi connectivity index (χ0n) is 11.4. The third-order valence-electron chi connectivity index (χ3n) is 3.39. The minimum absolute atomic E-state index is 0.0533. The first-order valence-corrected chi connectivity index (χ1v) is 6.40. The van der Waals surface area contributed by atoms with Crippen molar-refractivity contribution in [2.24, 2.45) is 0 Å². The molecule has 0 aliphatic heterocycles. The molecule has 6 heteroatoms. The summed E-state index contributed by atoms with van der Waals surface area (Å²) in [4.78, 5) is 15.3. The number of hydrogen-bond donors (Lipinski definition) is 0. The Kier molecular flexibility index (Phi) is 3.24. The first kappa shape index (κ1) is 14.3. The van der Waals surface area contributed by atoms with E-state index >= 15 is 0 Å². The summed E-state index contributed by atoms with van der Waals surface area (Å²) in [5, 5.41) is 0.876. The number of halogens is 3. The van der Waals surface area contributed by atoms with Gasteiger partial charge in [-0.3, -0.25) is 0 Å². The van der Waals surface area contributed by atoms with Crippen LogP contribution in [0.5, 0.6) is 0 Å². The van der Waals surface area contributed by atoms with Gasteiger partial charge >= 0.3 is 12.1 Å². The van der Waals surface area contributed by atoms with Crippen LogP contribution in [0.1, 0.15) is 16.1 Å². The van der Waals surface area contributed by atoms with Gasteiger partial charge in [0, 0.05) is 10.8 Å². The number of alkyl halides is 3. The Morgan fingerprint density at radius 3 is 2.45 bits per heavy atom. The maximum Gasteiger partial charge on any atom is 0.433 e. The van der Waals surface area contributed by atoms with Crippen LogP contribution >= 0.6 is 0 Å². The summed E-state index contributed by atoms with van der Waals surface area (Å²) >= 11 is 0. The van der Waals surface area contributed by atoms with Crippen LogP contribution in [0.25, 0.3) is 21.7 Å². The number of nitrogens with zero attached hydrogens (tertiary/aromatic N) is 1. The van der Waals surface area contributed by atoms with Crippen molar-refractivity contribution in [3.63, 3.8) is 0 Å². The van der Waals surface area contributed by atoms with Crippen molar-refractivity contribution in [1.29, 1.82) is 0 Å². The highest BCUT2D eigenvalue weighted by molar-refractivity contribution is 6.08. The van der Waals surface area contributed by atoms with Crippen molar-refractivity contribution in [2.75, 3.05) is 7.11 Å². The zero-order chi connectivity index (χ0) is 15.9. The summed E-state index contributed by atoms with van der Waals surface area (Å²) in [6, 6.07) is 10.7. The number of rotatable bonds is 1. The molecular weight excluding hydrogens is 295 g/mol. The molecule has 0 saturated heterocycles. The lowest BCUT2D eigenvalue weighted by atomic mass is 10.0. The Hall–Kier alpha value is -2.63. The monoisotopic (exact) mass is 305 g/mol. The molecule has 0 radical (unpaired) electrons. The van der Waals surface area contributed by atoms with Gasteiger partial charge in [-0.2, -0.15) is 13.2 Å². The number of para-hydroxylation sites is 1. The van der Waals surface area contributed by atoms with E-state index in [2.05, 4.69) is 9.72 Å². The fraction of sp³-hybridized carbons (Fsp3) is 0.125. The molecule has 0 amide bonds. The third-order valence-corrected chi connectivity index (χ3v) is 3.39. The molecule has 0 aliphatic carbocycles. The highest BCUT2D eigenvalue weighted by atomic mass is 19.4. The van der Waals surface area contributed by atoms with E-state index in [1.165, 1.54) is 31.4 Å². The van der Waals surface area contributed by atoms with E-state index in [1.54, 1.807) is 18.2 Å². The van der Waals surface area contributed by atoms with Gasteiger partial charge in [0.2, 0.25) is 0 Å². The van der Waals surface area contributed by atoms with E-state index in [9.17, 15) is 18.0 Å². The van der Waals surface area contributed by atoms with Crippen molar-refractivity contribution >= 4 is 27.6 Å². The molecule has 0 spiro atoms. The Morgan fingerprint density at radius 2 is 1.77 bits per heavy atom. The number of carbonyl (C=O) groups is 1. The molecule has 112 valence electrons. The minimum atomic E-state index is -4.61. The number of methoxy groups -OCH3 is 1. The number of esters is 1. The van der Waals surface area contributed by atoms with Gasteiger partial charge in [-0.15, -0.1) is 0 Å². The molecule has 2 aromatic carbocycles. The summed E-state index contributed by atoms with van der Waals surface area (Å²) in [6.45, 7) is 0. The number of pyridine rings is 1. The van der Waals surface area contributed by atoms with Gasteiger partial charge in [0.1, 0.15) is 0 Å². The standard InChI is InChI=1S/C16H10F3NO2/c1-22-15(21)9-6-7-10-11-4-2-3-5-13(11)20-14(12(10)8-9)16(17,18)19/h2-8H,1H3. The van der Waals surface area contributed by atoms with Crippen LogP contribution in [0, 0.1) is 0 Å². The van der Waals surface area contributed by atoms with Crippen LogP contribution in [0.2, 0.25) is 0 Å². The van der Waals surface area contributed by atoms with E-state index in [4.69, 9.17) is 0 Å². The van der Waals surface area contributed by atoms with Crippen molar-refractivity contribution in [1.82, 2.24) is 4.98 Å². The molecule has 3 aromatic rings. The molecule has 22 heavy (non-hydrogen) atoms. The second-order valence-corrected chi connectivity index (χ2v) is 4.73. The molecule has 0 unspecified atom stereocenters. The van der Waals surface area contributed by atoms with E-state index in [0.29, 0.717) is 10.8 Å². The molecule has 0 aliphatic rings. The maximum atomic E-state index is 13.3. The van der Waals surface area contributed by atoms with Crippen molar-refractivity contribution in [3.8, 4) is 0 Å². The predicted molar refractivity (Wildman–Crippen MR) is 75.6 cm³/mol. The lowest BCUT2D eigenvalue weighted by Crippen LogP contribution is -2.10. The fourth-order valence-electron chi connectivity index (χ4n) is 2.42. The van der Waals surface area contributed by atoms with E-state index in [0.717, 1.165) is 0 Å². The molecule has 1 aromatic heterocycles. The first-order valence-electron chi connectivity index (χ1n) is 6.40. The van der Waals surface area contributed by atoms with Crippen LogP contribution in [0.3, 0.4) is 0 Å². The largest absolute Gasteiger partial charge is 0.465 e. The molecule has 0 bridgehead atoms. The molecule has 0 fully saturated rings. The van der Waals surface area contributed by atoms with E-state index in [1.807, 2.05) is 0 Å². The Morgan fingerprint density at radius 1 is 1.05 bits per heavy atom. The number of aromatic nitrogens is 1. The highest BCUT2D eigenvalue weighted by Crippen LogP contribution is 2.36. The summed E-state index contributed by atoms with van der Waals surface area (Å²) in [5.74, 6) is -0.691. The SMILES string of the molecule is COC(=O)c1ccc2c(c1)c(C(F)(F)F)nc1ccccc12. The summed E-state index contributed by atoms with van der Waals surface area (Å²) < 4.78 is 44.4. The maximum absolute atomic E-state index is 13.3. The second-order valence-electron chi connectivity index (χ2n) is 4.73. The molecule has 0 N–H and O–H groups in total. The Balaban J connectivity index is 2.44. The first-order chi connectivity index (χ1) is 10.4. The van der Waals surface area contributed by atoms with Crippen LogP contribution < -0.4 is 0 Å². The van der Waals surface area contributed by atoms with Gasteiger partial charge in [0.05, 0.1) is 18.2 Å². The average Bonchev–Trinajstić information content (AvgIpc) is 2.51. The minimum Gasteiger partial charge on any atom is -0.465 e. The predicted octanol–water partition coefficient (Wildman–Crippen LogP) is 4.19. The summed E-state index contributed by atoms with van der Waals surface area (Å²) in [6.07, 6.45) is -4.61. The van der Waals surface area contributed by atoms with Gasteiger partial charge in [0.15, 0.2) is 5.69 Å². The zero-order valence-corrected chi connectivity index (χ0v) is 11.4. The molecule has 0 saturated carbocycles. The number of carbonyl (C=O) groups excluding carboxylic acids is 1. The molecule has 3 nitrogen and oxygen atoms in total. The van der Waals surface area contributed by atoms with Gasteiger partial charge < -0.3 is 4.74 Å². The van der Waals surface area contributed by atoms with Crippen molar-refractivity contribution in [3.05, 3.63) is 53.7 Å². The number of benzene rings is 2. The lowest BCUT2D eigenvalue weighted by Gasteiger charge is -2.13. The second kappa shape index (κ2) is 4.98. The average molecular weight is 305 g/mol.